The summed E-state index contributed by atoms with van der Waals surface area (Å²) in [5, 5.41) is 2.55. The fraction of sp³-hybridized carbons (Fsp3) is 0.300. The fourth-order valence-electron chi connectivity index (χ4n) is 3.74. The molecule has 2 aromatic rings. The zero-order valence-electron chi connectivity index (χ0n) is 17.0. The Hall–Kier alpha value is -2.63. The van der Waals surface area contributed by atoms with Crippen LogP contribution in [0.5, 0.6) is 0 Å². The van der Waals surface area contributed by atoms with Gasteiger partial charge >= 0.3 is 5.97 Å². The monoisotopic (exact) mass is 496 g/mol. The van der Waals surface area contributed by atoms with Crippen molar-refractivity contribution in [3.63, 3.8) is 0 Å². The molecule has 0 aliphatic carbocycles. The number of sulfonamides is 1. The zero-order valence-corrected chi connectivity index (χ0v) is 19.4. The van der Waals surface area contributed by atoms with Crippen LogP contribution in [-0.4, -0.2) is 56.2 Å². The van der Waals surface area contributed by atoms with Gasteiger partial charge in [-0.2, -0.15) is 4.40 Å². The molecule has 3 heterocycles. The second kappa shape index (κ2) is 8.72. The summed E-state index contributed by atoms with van der Waals surface area (Å²) in [6.07, 6.45) is 4.36. The van der Waals surface area contributed by atoms with Crippen molar-refractivity contribution in [1.82, 2.24) is 9.88 Å². The number of halogens is 2. The average molecular weight is 497 g/mol. The summed E-state index contributed by atoms with van der Waals surface area (Å²) < 4.78 is 45.4. The molecule has 2 atom stereocenters. The highest BCUT2D eigenvalue weighted by Crippen LogP contribution is 2.43. The Labute approximate surface area is 193 Å². The number of ether oxygens (including phenoxy) is 1. The van der Waals surface area contributed by atoms with Gasteiger partial charge < -0.3 is 9.64 Å². The first-order valence-electron chi connectivity index (χ1n) is 9.45. The van der Waals surface area contributed by atoms with Gasteiger partial charge in [0, 0.05) is 46.5 Å². The molecule has 1 aromatic carbocycles. The van der Waals surface area contributed by atoms with E-state index in [4.69, 9.17) is 21.3 Å². The molecule has 32 heavy (non-hydrogen) atoms. The first-order valence-corrected chi connectivity index (χ1v) is 12.6. The van der Waals surface area contributed by atoms with Crippen molar-refractivity contribution in [3.8, 4) is 0 Å². The van der Waals surface area contributed by atoms with E-state index in [9.17, 15) is 17.6 Å². The minimum absolute atomic E-state index is 0.126. The Morgan fingerprint density at radius 1 is 1.44 bits per heavy atom. The minimum atomic E-state index is -3.55. The molecule has 168 valence electrons. The smallest absolute Gasteiger partial charge is 0.338 e. The molecule has 0 bridgehead atoms. The lowest BCUT2D eigenvalue weighted by Gasteiger charge is -2.31. The largest absolute Gasteiger partial charge is 0.466 e. The highest BCUT2D eigenvalue weighted by molar-refractivity contribution is 7.89. The maximum Gasteiger partial charge on any atom is 0.338 e. The summed E-state index contributed by atoms with van der Waals surface area (Å²) in [6.45, 7) is 0.358. The molecule has 0 spiro atoms. The Bertz CT molecular complexity index is 1260. The number of amidine groups is 1. The number of carbonyl (C=O) groups is 1. The Kier molecular flexibility index (Phi) is 6.15. The van der Waals surface area contributed by atoms with Crippen molar-refractivity contribution >= 4 is 51.0 Å². The topological polar surface area (TPSA) is 101 Å². The third-order valence-electron chi connectivity index (χ3n) is 5.04. The van der Waals surface area contributed by atoms with Gasteiger partial charge in [0.05, 0.1) is 18.9 Å². The molecule has 0 radical (unpaired) electrons. The number of thiazole rings is 1. The predicted molar refractivity (Wildman–Crippen MR) is 120 cm³/mol. The SMILES string of the molecule is COC(=O)C1=C2CC(C=NS(C)(=O)=O)CN2C(c2nccs2)=N[C@H]1c1ccc(F)cc1Cl. The number of esters is 1. The molecular formula is C20H18ClFN4O4S2. The average Bonchev–Trinajstić information content (AvgIpc) is 3.40. The summed E-state index contributed by atoms with van der Waals surface area (Å²) in [6, 6.07) is 3.06. The van der Waals surface area contributed by atoms with Crippen LogP contribution in [0.4, 0.5) is 4.39 Å². The second-order valence-corrected chi connectivity index (χ2v) is 10.3. The van der Waals surface area contributed by atoms with Crippen LogP contribution in [0.2, 0.25) is 5.02 Å². The third kappa shape index (κ3) is 4.45. The number of aromatic nitrogens is 1. The molecular weight excluding hydrogens is 479 g/mol. The van der Waals surface area contributed by atoms with Gasteiger partial charge in [-0.3, -0.25) is 4.99 Å². The number of benzene rings is 1. The minimum Gasteiger partial charge on any atom is -0.466 e. The summed E-state index contributed by atoms with van der Waals surface area (Å²) in [7, 11) is -2.28. The van der Waals surface area contributed by atoms with Gasteiger partial charge in [0.15, 0.2) is 10.8 Å². The molecule has 1 unspecified atom stereocenters. The quantitative estimate of drug-likeness (QED) is 0.465. The predicted octanol–water partition coefficient (Wildman–Crippen LogP) is 3.22. The number of hydrogen-bond acceptors (Lipinski definition) is 8. The van der Waals surface area contributed by atoms with Gasteiger partial charge in [-0.05, 0) is 18.6 Å². The van der Waals surface area contributed by atoms with Gasteiger partial charge in [-0.1, -0.05) is 17.7 Å². The number of nitrogens with zero attached hydrogens (tertiary/aromatic N) is 4. The van der Waals surface area contributed by atoms with Crippen LogP contribution in [0, 0.1) is 11.7 Å². The number of hydrogen-bond donors (Lipinski definition) is 0. The van der Waals surface area contributed by atoms with Gasteiger partial charge in [0.1, 0.15) is 11.9 Å². The van der Waals surface area contributed by atoms with E-state index in [2.05, 4.69) is 9.38 Å². The number of allylic oxidation sites excluding steroid dienone is 1. The van der Waals surface area contributed by atoms with E-state index in [0.29, 0.717) is 35.1 Å². The Morgan fingerprint density at radius 3 is 2.84 bits per heavy atom. The van der Waals surface area contributed by atoms with Gasteiger partial charge in [-0.25, -0.2) is 22.6 Å². The summed E-state index contributed by atoms with van der Waals surface area (Å²) >= 11 is 7.69. The standard InChI is InChI=1S/C20H18ClFN4O4S2/c1-30-20(27)16-15-7-11(9-24-32(2,28)29)10-26(15)18(19-23-5-6-31-19)25-17(16)13-4-3-12(22)8-14(13)21/h3-6,8-9,11,17H,7,10H2,1-2H3/t11?,17-/m0/s1. The van der Waals surface area contributed by atoms with Gasteiger partial charge in [0.25, 0.3) is 0 Å². The van der Waals surface area contributed by atoms with Crippen LogP contribution in [0.25, 0.3) is 0 Å². The molecule has 8 nitrogen and oxygen atoms in total. The Balaban J connectivity index is 1.88. The number of methoxy groups -OCH3 is 1. The number of aliphatic imine (C=N–C) groups is 1. The van der Waals surface area contributed by atoms with E-state index in [1.807, 2.05) is 4.90 Å². The lowest BCUT2D eigenvalue weighted by molar-refractivity contribution is -0.136. The normalized spacial score (nSPS) is 21.1. The van der Waals surface area contributed by atoms with E-state index < -0.39 is 27.9 Å². The molecule has 2 aliphatic heterocycles. The van der Waals surface area contributed by atoms with Crippen molar-refractivity contribution in [2.75, 3.05) is 19.9 Å². The number of rotatable bonds is 5. The highest BCUT2D eigenvalue weighted by atomic mass is 35.5. The molecule has 0 amide bonds. The summed E-state index contributed by atoms with van der Waals surface area (Å²) in [5.41, 5.74) is 1.33. The van der Waals surface area contributed by atoms with Crippen molar-refractivity contribution < 1.29 is 22.3 Å². The molecule has 1 saturated heterocycles. The number of fused-ring (bicyclic) bond motifs is 1. The molecule has 2 aliphatic rings. The molecule has 12 heteroatoms. The van der Waals surface area contributed by atoms with Gasteiger partial charge in [0.2, 0.25) is 10.0 Å². The summed E-state index contributed by atoms with van der Waals surface area (Å²) in [4.78, 5) is 23.8. The van der Waals surface area contributed by atoms with Crippen molar-refractivity contribution in [2.24, 2.45) is 15.3 Å². The lowest BCUT2D eigenvalue weighted by Crippen LogP contribution is -2.35. The second-order valence-electron chi connectivity index (χ2n) is 7.27. The van der Waals surface area contributed by atoms with Crippen molar-refractivity contribution in [3.05, 3.63) is 62.5 Å². The first kappa shape index (κ1) is 22.6. The molecule has 0 saturated carbocycles. The lowest BCUT2D eigenvalue weighted by atomic mass is 9.94. The number of carbonyl (C=O) groups excluding carboxylic acids is 1. The van der Waals surface area contributed by atoms with Crippen LogP contribution in [-0.2, 0) is 19.6 Å². The zero-order chi connectivity index (χ0) is 23.0. The van der Waals surface area contributed by atoms with Gasteiger partial charge in [-0.15, -0.1) is 11.3 Å². The van der Waals surface area contributed by atoms with Crippen LogP contribution < -0.4 is 0 Å². The maximum atomic E-state index is 13.7. The summed E-state index contributed by atoms with van der Waals surface area (Å²) in [5.74, 6) is -0.876. The van der Waals surface area contributed by atoms with Crippen LogP contribution in [0.15, 0.2) is 50.4 Å². The van der Waals surface area contributed by atoms with Crippen molar-refractivity contribution in [2.45, 2.75) is 12.5 Å². The molecule has 0 N–H and O–H groups in total. The van der Waals surface area contributed by atoms with E-state index in [-0.39, 0.29) is 16.5 Å². The third-order valence-corrected chi connectivity index (χ3v) is 6.64. The van der Waals surface area contributed by atoms with Crippen LogP contribution in [0.1, 0.15) is 23.0 Å². The van der Waals surface area contributed by atoms with E-state index >= 15 is 0 Å². The van der Waals surface area contributed by atoms with E-state index in [1.54, 1.807) is 11.6 Å². The maximum absolute atomic E-state index is 13.7. The van der Waals surface area contributed by atoms with Crippen molar-refractivity contribution in [1.29, 1.82) is 0 Å². The van der Waals surface area contributed by atoms with E-state index in [0.717, 1.165) is 12.3 Å². The molecule has 1 fully saturated rings. The molecule has 1 aromatic heterocycles. The first-order chi connectivity index (χ1) is 15.2. The Morgan fingerprint density at radius 2 is 2.22 bits per heavy atom. The van der Waals surface area contributed by atoms with Crippen LogP contribution in [0.3, 0.4) is 0 Å². The van der Waals surface area contributed by atoms with Crippen LogP contribution >= 0.6 is 22.9 Å². The highest BCUT2D eigenvalue weighted by Gasteiger charge is 2.42. The molecule has 4 rings (SSSR count). The fourth-order valence-corrected chi connectivity index (χ4v) is 5.04. The van der Waals surface area contributed by atoms with E-state index in [1.165, 1.54) is 36.8 Å².